The average Bonchev–Trinajstić information content (AvgIpc) is 3.33. The zero-order chi connectivity index (χ0) is 28.3. The molecule has 3 aromatic rings. The number of H-pyrrole nitrogens is 1. The van der Waals surface area contributed by atoms with Crippen LogP contribution in [-0.4, -0.2) is 78.0 Å². The monoisotopic (exact) mass is 554 g/mol. The lowest BCUT2D eigenvalue weighted by Gasteiger charge is -2.36. The Kier molecular flexibility index (Phi) is 8.14. The molecule has 2 atom stereocenters. The minimum atomic E-state index is -5.08. The molecule has 10 nitrogen and oxygen atoms in total. The lowest BCUT2D eigenvalue weighted by molar-refractivity contribution is -0.192. The maximum Gasteiger partial charge on any atom is 0.490 e. The maximum atomic E-state index is 14.8. The van der Waals surface area contributed by atoms with E-state index in [1.54, 1.807) is 13.2 Å². The molecule has 0 unspecified atom stereocenters. The Morgan fingerprint density at radius 3 is 2.62 bits per heavy atom. The number of benzene rings is 2. The number of carboxylic acid groups (broad SMARTS) is 1. The van der Waals surface area contributed by atoms with E-state index in [0.717, 1.165) is 35.6 Å². The fourth-order valence-corrected chi connectivity index (χ4v) is 4.34. The van der Waals surface area contributed by atoms with E-state index in [-0.39, 0.29) is 30.0 Å². The molecule has 39 heavy (non-hydrogen) atoms. The third kappa shape index (κ3) is 6.33. The van der Waals surface area contributed by atoms with Gasteiger partial charge in [0.15, 0.2) is 17.3 Å². The number of methoxy groups -OCH3 is 1. The van der Waals surface area contributed by atoms with Gasteiger partial charge >= 0.3 is 12.1 Å². The molecule has 3 N–H and O–H groups in total. The Bertz CT molecular complexity index is 1360. The van der Waals surface area contributed by atoms with Gasteiger partial charge in [0.1, 0.15) is 24.8 Å². The predicted molar refractivity (Wildman–Crippen MR) is 130 cm³/mol. The van der Waals surface area contributed by atoms with Crippen LogP contribution in [0.25, 0.3) is 11.0 Å². The SMILES string of the molecule is COc1ccc2[nH]c([C@H]3C[C@H](NC(=O)c4ccc5c(c4F)OCCO5)CCN3C)nc2c1.O=C(O)C(F)(F)F. The summed E-state index contributed by atoms with van der Waals surface area (Å²) < 4.78 is 62.6. The molecule has 3 heterocycles. The number of hydrogen-bond acceptors (Lipinski definition) is 7. The number of halogens is 4. The number of carbonyl (C=O) groups is 2. The van der Waals surface area contributed by atoms with Gasteiger partial charge in [-0.1, -0.05) is 0 Å². The molecule has 5 rings (SSSR count). The van der Waals surface area contributed by atoms with E-state index in [1.165, 1.54) is 6.07 Å². The van der Waals surface area contributed by atoms with Crippen LogP contribution < -0.4 is 19.5 Å². The number of nitrogens with zero attached hydrogens (tertiary/aromatic N) is 2. The molecule has 2 aliphatic rings. The van der Waals surface area contributed by atoms with Crippen molar-refractivity contribution in [1.82, 2.24) is 20.2 Å². The number of fused-ring (bicyclic) bond motifs is 2. The second-order valence-corrected chi connectivity index (χ2v) is 8.95. The number of piperidine rings is 1. The molecule has 0 bridgehead atoms. The number of aromatic nitrogens is 2. The summed E-state index contributed by atoms with van der Waals surface area (Å²) in [5, 5.41) is 10.1. The van der Waals surface area contributed by atoms with E-state index in [9.17, 15) is 22.4 Å². The van der Waals surface area contributed by atoms with Crippen LogP contribution >= 0.6 is 0 Å². The number of hydrogen-bond donors (Lipinski definition) is 3. The lowest BCUT2D eigenvalue weighted by atomic mass is 9.96. The standard InChI is InChI=1S/C23H25FN4O4.C2HF3O2/c1-28-8-7-13(11-18(28)22-26-16-5-3-14(30-2)12-17(16)27-22)25-23(29)15-4-6-19-21(20(15)24)32-10-9-31-19;3-2(4,5)1(6)7/h3-6,12-13,18H,7-11H2,1-2H3,(H,25,29)(H,26,27);(H,6,7)/t13-,18-;/m1./s1. The van der Waals surface area contributed by atoms with Crippen molar-refractivity contribution in [3.63, 3.8) is 0 Å². The second-order valence-electron chi connectivity index (χ2n) is 8.95. The Hall–Kier alpha value is -4.07. The summed E-state index contributed by atoms with van der Waals surface area (Å²) in [7, 11) is 3.67. The van der Waals surface area contributed by atoms with E-state index in [1.807, 2.05) is 25.2 Å². The van der Waals surface area contributed by atoms with Crippen molar-refractivity contribution >= 4 is 22.9 Å². The third-order valence-corrected chi connectivity index (χ3v) is 6.36. The predicted octanol–water partition coefficient (Wildman–Crippen LogP) is 3.68. The fourth-order valence-electron chi connectivity index (χ4n) is 4.34. The molecule has 2 aliphatic heterocycles. The summed E-state index contributed by atoms with van der Waals surface area (Å²) in [6.45, 7) is 1.40. The second kappa shape index (κ2) is 11.4. The van der Waals surface area contributed by atoms with Crippen molar-refractivity contribution in [2.75, 3.05) is 33.9 Å². The van der Waals surface area contributed by atoms with Crippen LogP contribution in [0.2, 0.25) is 0 Å². The molecule has 0 saturated carbocycles. The molecule has 0 spiro atoms. The number of carboxylic acids is 1. The average molecular weight is 554 g/mol. The van der Waals surface area contributed by atoms with Crippen LogP contribution in [0.5, 0.6) is 17.2 Å². The van der Waals surface area contributed by atoms with Crippen molar-refractivity contribution in [3.8, 4) is 17.2 Å². The molecule has 1 amide bonds. The molecule has 0 radical (unpaired) electrons. The number of carbonyl (C=O) groups excluding carboxylic acids is 1. The highest BCUT2D eigenvalue weighted by atomic mass is 19.4. The summed E-state index contributed by atoms with van der Waals surface area (Å²) in [6.07, 6.45) is -3.66. The first-order chi connectivity index (χ1) is 18.5. The van der Waals surface area contributed by atoms with Gasteiger partial charge in [-0.2, -0.15) is 13.2 Å². The number of amides is 1. The fraction of sp³-hybridized carbons (Fsp3) is 0.400. The van der Waals surface area contributed by atoms with Gasteiger partial charge in [0.05, 0.1) is 29.7 Å². The van der Waals surface area contributed by atoms with Crippen LogP contribution in [-0.2, 0) is 4.79 Å². The molecular weight excluding hydrogens is 528 g/mol. The third-order valence-electron chi connectivity index (χ3n) is 6.36. The van der Waals surface area contributed by atoms with Gasteiger partial charge in [0.25, 0.3) is 5.91 Å². The van der Waals surface area contributed by atoms with E-state index in [4.69, 9.17) is 29.1 Å². The number of alkyl halides is 3. The summed E-state index contributed by atoms with van der Waals surface area (Å²) in [5.74, 6) is -1.99. The van der Waals surface area contributed by atoms with Crippen LogP contribution in [0.15, 0.2) is 30.3 Å². The van der Waals surface area contributed by atoms with Gasteiger partial charge in [0, 0.05) is 18.7 Å². The number of nitrogens with one attached hydrogen (secondary N) is 2. The summed E-state index contributed by atoms with van der Waals surface area (Å²) in [6, 6.07) is 8.62. The van der Waals surface area contributed by atoms with E-state index >= 15 is 0 Å². The van der Waals surface area contributed by atoms with Crippen LogP contribution in [0.3, 0.4) is 0 Å². The van der Waals surface area contributed by atoms with Gasteiger partial charge in [0.2, 0.25) is 0 Å². The molecule has 2 aromatic carbocycles. The van der Waals surface area contributed by atoms with E-state index in [0.29, 0.717) is 18.8 Å². The first-order valence-corrected chi connectivity index (χ1v) is 11.9. The van der Waals surface area contributed by atoms with E-state index < -0.39 is 23.9 Å². The number of likely N-dealkylation sites (tertiary alicyclic amines) is 1. The van der Waals surface area contributed by atoms with Crippen molar-refractivity contribution < 1.29 is 46.5 Å². The van der Waals surface area contributed by atoms with Gasteiger partial charge < -0.3 is 29.6 Å². The van der Waals surface area contributed by atoms with Crippen molar-refractivity contribution in [1.29, 1.82) is 0 Å². The van der Waals surface area contributed by atoms with Crippen LogP contribution in [0.4, 0.5) is 17.6 Å². The van der Waals surface area contributed by atoms with Crippen molar-refractivity contribution in [2.45, 2.75) is 31.1 Å². The number of aromatic amines is 1. The molecule has 1 fully saturated rings. The quantitative estimate of drug-likeness (QED) is 0.417. The smallest absolute Gasteiger partial charge is 0.490 e. The zero-order valence-electron chi connectivity index (χ0n) is 21.0. The molecule has 0 aliphatic carbocycles. The Morgan fingerprint density at radius 1 is 1.21 bits per heavy atom. The molecule has 210 valence electrons. The summed E-state index contributed by atoms with van der Waals surface area (Å²) >= 11 is 0. The van der Waals surface area contributed by atoms with E-state index in [2.05, 4.69) is 15.2 Å². The summed E-state index contributed by atoms with van der Waals surface area (Å²) in [5.41, 5.74) is 1.72. The Morgan fingerprint density at radius 2 is 1.92 bits per heavy atom. The van der Waals surface area contributed by atoms with Gasteiger partial charge in [-0.15, -0.1) is 0 Å². The largest absolute Gasteiger partial charge is 0.497 e. The minimum absolute atomic E-state index is 0.00226. The van der Waals surface area contributed by atoms with Gasteiger partial charge in [-0.05, 0) is 44.2 Å². The highest BCUT2D eigenvalue weighted by molar-refractivity contribution is 5.95. The van der Waals surface area contributed by atoms with Gasteiger partial charge in [-0.3, -0.25) is 9.69 Å². The van der Waals surface area contributed by atoms with Crippen molar-refractivity contribution in [3.05, 3.63) is 47.5 Å². The molecule has 1 aromatic heterocycles. The molecule has 1 saturated heterocycles. The number of rotatable bonds is 4. The topological polar surface area (TPSA) is 126 Å². The highest BCUT2D eigenvalue weighted by Gasteiger charge is 2.38. The number of aliphatic carboxylic acids is 1. The van der Waals surface area contributed by atoms with Crippen LogP contribution in [0, 0.1) is 5.82 Å². The molecular formula is C25H26F4N4O6. The zero-order valence-corrected chi connectivity index (χ0v) is 21.0. The lowest BCUT2D eigenvalue weighted by Crippen LogP contribution is -2.45. The first-order valence-electron chi connectivity index (χ1n) is 11.9. The normalized spacial score (nSPS) is 19.1. The van der Waals surface area contributed by atoms with Crippen LogP contribution in [0.1, 0.15) is 35.1 Å². The maximum absolute atomic E-state index is 14.8. The molecule has 14 heteroatoms. The highest BCUT2D eigenvalue weighted by Crippen LogP contribution is 2.35. The first kappa shape index (κ1) is 28.0. The number of ether oxygens (including phenoxy) is 3. The Labute approximate surface area is 219 Å². The summed E-state index contributed by atoms with van der Waals surface area (Å²) in [4.78, 5) is 32.1. The van der Waals surface area contributed by atoms with Crippen molar-refractivity contribution in [2.24, 2.45) is 0 Å². The Balaban J connectivity index is 0.000000448. The number of imidazole rings is 1. The minimum Gasteiger partial charge on any atom is -0.497 e. The van der Waals surface area contributed by atoms with Gasteiger partial charge in [-0.25, -0.2) is 14.2 Å².